The molecule has 4 heterocycles. The van der Waals surface area contributed by atoms with Crippen molar-refractivity contribution in [2.24, 2.45) is 17.8 Å². The first-order chi connectivity index (χ1) is 13.5. The summed E-state index contributed by atoms with van der Waals surface area (Å²) in [5, 5.41) is 7.81. The van der Waals surface area contributed by atoms with Crippen LogP contribution >= 0.6 is 0 Å². The van der Waals surface area contributed by atoms with Crippen molar-refractivity contribution in [3.8, 4) is 0 Å². The molecule has 28 heavy (non-hydrogen) atoms. The number of nitrogens with zero attached hydrogens (tertiary/aromatic N) is 3. The second-order valence-corrected chi connectivity index (χ2v) is 9.16. The fraction of sp³-hybridized carbons (Fsp3) is 0.727. The van der Waals surface area contributed by atoms with Crippen LogP contribution in [0.15, 0.2) is 18.7 Å². The van der Waals surface area contributed by atoms with Gasteiger partial charge < -0.3 is 10.1 Å². The SMILES string of the molecule is C=CCN1C[C@@H]2[C@H](CNC(=O)c3cc(CC(C)C)nn3CC)[C@H]3CC[C@]2(C1)O3. The molecule has 3 saturated heterocycles. The van der Waals surface area contributed by atoms with Crippen LogP contribution in [0.25, 0.3) is 0 Å². The quantitative estimate of drug-likeness (QED) is 0.698. The Balaban J connectivity index is 1.41. The second kappa shape index (κ2) is 7.64. The fourth-order valence-electron chi connectivity index (χ4n) is 5.59. The Hall–Kier alpha value is -1.66. The molecule has 1 spiro atoms. The monoisotopic (exact) mass is 386 g/mol. The number of hydrogen-bond acceptors (Lipinski definition) is 4. The molecule has 0 aromatic carbocycles. The molecule has 1 aromatic heterocycles. The van der Waals surface area contributed by atoms with Gasteiger partial charge in [0.1, 0.15) is 5.69 Å². The molecule has 6 nitrogen and oxygen atoms in total. The second-order valence-electron chi connectivity index (χ2n) is 9.16. The number of carbonyl (C=O) groups excluding carboxylic acids is 1. The van der Waals surface area contributed by atoms with Gasteiger partial charge in [-0.2, -0.15) is 5.10 Å². The molecule has 1 N–H and O–H groups in total. The Morgan fingerprint density at radius 1 is 1.54 bits per heavy atom. The molecule has 6 heteroatoms. The summed E-state index contributed by atoms with van der Waals surface area (Å²) in [5.74, 6) is 1.43. The number of aromatic nitrogens is 2. The lowest BCUT2D eigenvalue weighted by molar-refractivity contribution is 0.00365. The maximum absolute atomic E-state index is 12.9. The number of aryl methyl sites for hydroxylation is 1. The van der Waals surface area contributed by atoms with E-state index >= 15 is 0 Å². The van der Waals surface area contributed by atoms with E-state index in [-0.39, 0.29) is 11.5 Å². The van der Waals surface area contributed by atoms with Crippen molar-refractivity contribution in [3.05, 3.63) is 30.1 Å². The van der Waals surface area contributed by atoms with Gasteiger partial charge in [0.15, 0.2) is 0 Å². The van der Waals surface area contributed by atoms with Gasteiger partial charge in [0, 0.05) is 44.6 Å². The van der Waals surface area contributed by atoms with Crippen molar-refractivity contribution in [3.63, 3.8) is 0 Å². The highest BCUT2D eigenvalue weighted by atomic mass is 16.5. The largest absolute Gasteiger partial charge is 0.370 e. The zero-order valence-corrected chi connectivity index (χ0v) is 17.5. The fourth-order valence-corrected chi connectivity index (χ4v) is 5.59. The topological polar surface area (TPSA) is 59.4 Å². The van der Waals surface area contributed by atoms with Crippen LogP contribution in [0.4, 0.5) is 0 Å². The van der Waals surface area contributed by atoms with E-state index in [9.17, 15) is 4.79 Å². The molecule has 0 saturated carbocycles. The summed E-state index contributed by atoms with van der Waals surface area (Å²) >= 11 is 0. The number of nitrogens with one attached hydrogen (secondary N) is 1. The maximum atomic E-state index is 12.9. The minimum absolute atomic E-state index is 0.0119. The van der Waals surface area contributed by atoms with Crippen LogP contribution in [0.1, 0.15) is 49.8 Å². The summed E-state index contributed by atoms with van der Waals surface area (Å²) in [6.07, 6.45) is 5.44. The van der Waals surface area contributed by atoms with Gasteiger partial charge in [0.05, 0.1) is 17.4 Å². The lowest BCUT2D eigenvalue weighted by atomic mass is 9.73. The zero-order chi connectivity index (χ0) is 19.9. The van der Waals surface area contributed by atoms with Crippen LogP contribution in [-0.4, -0.2) is 58.5 Å². The first-order valence-electron chi connectivity index (χ1n) is 10.8. The summed E-state index contributed by atoms with van der Waals surface area (Å²) in [5.41, 5.74) is 1.69. The van der Waals surface area contributed by atoms with E-state index in [4.69, 9.17) is 4.74 Å². The van der Waals surface area contributed by atoms with Gasteiger partial charge >= 0.3 is 0 Å². The number of carbonyl (C=O) groups is 1. The average Bonchev–Trinajstić information content (AvgIpc) is 3.38. The summed E-state index contributed by atoms with van der Waals surface area (Å²) in [7, 11) is 0. The predicted octanol–water partition coefficient (Wildman–Crippen LogP) is 2.50. The van der Waals surface area contributed by atoms with Crippen molar-refractivity contribution in [1.29, 1.82) is 0 Å². The number of amides is 1. The number of hydrogen-bond donors (Lipinski definition) is 1. The molecule has 3 aliphatic rings. The smallest absolute Gasteiger partial charge is 0.269 e. The van der Waals surface area contributed by atoms with E-state index in [1.165, 1.54) is 0 Å². The first-order valence-corrected chi connectivity index (χ1v) is 10.8. The number of likely N-dealkylation sites (tertiary alicyclic amines) is 1. The molecule has 0 radical (unpaired) electrons. The minimum Gasteiger partial charge on any atom is -0.370 e. The van der Waals surface area contributed by atoms with Crippen LogP contribution in [0.5, 0.6) is 0 Å². The molecule has 3 aliphatic heterocycles. The van der Waals surface area contributed by atoms with Crippen LogP contribution in [0, 0.1) is 17.8 Å². The summed E-state index contributed by atoms with van der Waals surface area (Å²) in [4.78, 5) is 15.4. The molecule has 1 aromatic rings. The van der Waals surface area contributed by atoms with Gasteiger partial charge in [-0.25, -0.2) is 0 Å². The summed E-state index contributed by atoms with van der Waals surface area (Å²) < 4.78 is 8.29. The molecule has 154 valence electrons. The Morgan fingerprint density at radius 2 is 2.36 bits per heavy atom. The van der Waals surface area contributed by atoms with Crippen molar-refractivity contribution in [2.45, 2.75) is 58.3 Å². The van der Waals surface area contributed by atoms with Crippen LogP contribution in [0.2, 0.25) is 0 Å². The van der Waals surface area contributed by atoms with Crippen molar-refractivity contribution in [1.82, 2.24) is 20.0 Å². The van der Waals surface area contributed by atoms with E-state index < -0.39 is 0 Å². The summed E-state index contributed by atoms with van der Waals surface area (Å²) in [6, 6.07) is 1.96. The molecule has 0 unspecified atom stereocenters. The van der Waals surface area contributed by atoms with Gasteiger partial charge in [0.25, 0.3) is 5.91 Å². The lowest BCUT2D eigenvalue weighted by Crippen LogP contribution is -2.42. The van der Waals surface area contributed by atoms with Crippen molar-refractivity contribution < 1.29 is 9.53 Å². The van der Waals surface area contributed by atoms with Crippen molar-refractivity contribution >= 4 is 5.91 Å². The van der Waals surface area contributed by atoms with Crippen LogP contribution in [-0.2, 0) is 17.7 Å². The molecule has 3 fully saturated rings. The van der Waals surface area contributed by atoms with Gasteiger partial charge in [0.2, 0.25) is 0 Å². The van der Waals surface area contributed by atoms with E-state index in [0.717, 1.165) is 44.6 Å². The normalized spacial score (nSPS) is 31.5. The van der Waals surface area contributed by atoms with Gasteiger partial charge in [-0.3, -0.25) is 14.4 Å². The van der Waals surface area contributed by atoms with Crippen LogP contribution < -0.4 is 5.32 Å². The number of fused-ring (bicyclic) bond motifs is 1. The lowest BCUT2D eigenvalue weighted by Gasteiger charge is -2.29. The third kappa shape index (κ3) is 3.41. The highest BCUT2D eigenvalue weighted by molar-refractivity contribution is 5.92. The van der Waals surface area contributed by atoms with E-state index in [1.807, 2.05) is 23.7 Å². The van der Waals surface area contributed by atoms with Crippen molar-refractivity contribution in [2.75, 3.05) is 26.2 Å². The molecular formula is C22H34N4O2. The maximum Gasteiger partial charge on any atom is 0.269 e. The Morgan fingerprint density at radius 3 is 3.07 bits per heavy atom. The Bertz CT molecular complexity index is 743. The summed E-state index contributed by atoms with van der Waals surface area (Å²) in [6.45, 7) is 14.6. The van der Waals surface area contributed by atoms with E-state index in [0.29, 0.717) is 42.6 Å². The third-order valence-corrected chi connectivity index (χ3v) is 6.72. The molecule has 4 atom stereocenters. The van der Waals surface area contributed by atoms with Gasteiger partial charge in [-0.1, -0.05) is 19.9 Å². The van der Waals surface area contributed by atoms with Crippen LogP contribution in [0.3, 0.4) is 0 Å². The van der Waals surface area contributed by atoms with Gasteiger partial charge in [-0.15, -0.1) is 6.58 Å². The highest BCUT2D eigenvalue weighted by Gasteiger charge is 2.62. The Kier molecular flexibility index (Phi) is 5.36. The third-order valence-electron chi connectivity index (χ3n) is 6.72. The van der Waals surface area contributed by atoms with E-state index in [1.54, 1.807) is 0 Å². The number of rotatable bonds is 8. The van der Waals surface area contributed by atoms with Gasteiger partial charge in [-0.05, 0) is 38.2 Å². The molecule has 2 bridgehead atoms. The highest BCUT2D eigenvalue weighted by Crippen LogP contribution is 2.54. The number of ether oxygens (including phenoxy) is 1. The molecular weight excluding hydrogens is 352 g/mol. The Labute approximate surface area is 168 Å². The minimum atomic E-state index is -0.0119. The predicted molar refractivity (Wildman–Crippen MR) is 109 cm³/mol. The zero-order valence-electron chi connectivity index (χ0n) is 17.5. The standard InChI is InChI=1S/C22H34N4O2/c1-5-9-25-13-18-17(20-7-8-22(18,14-25)28-20)12-23-21(27)19-11-16(10-15(3)4)24-26(19)6-2/h5,11,15,17-18,20H,1,6-10,12-14H2,2-4H3,(H,23,27)/t17-,18+,20+,22+/m0/s1. The molecule has 0 aliphatic carbocycles. The molecule has 4 rings (SSSR count). The average molecular weight is 387 g/mol. The first kappa shape index (κ1) is 19.6. The molecule has 1 amide bonds. The van der Waals surface area contributed by atoms with E-state index in [2.05, 4.69) is 35.7 Å².